The van der Waals surface area contributed by atoms with Gasteiger partial charge in [-0.25, -0.2) is 0 Å². The van der Waals surface area contributed by atoms with Crippen LogP contribution in [0.15, 0.2) is 35.5 Å². The summed E-state index contributed by atoms with van der Waals surface area (Å²) in [5.74, 6) is -0.467. The van der Waals surface area contributed by atoms with Gasteiger partial charge < -0.3 is 10.3 Å². The molecule has 4 heteroatoms. The van der Waals surface area contributed by atoms with Crippen LogP contribution in [0.2, 0.25) is 0 Å². The molecule has 0 aromatic heterocycles. The molecule has 1 aromatic carbocycles. The zero-order chi connectivity index (χ0) is 9.68. The van der Waals surface area contributed by atoms with Crippen LogP contribution in [0, 0.1) is 0 Å². The number of oxime groups is 1. The zero-order valence-corrected chi connectivity index (χ0v) is 6.84. The summed E-state index contributed by atoms with van der Waals surface area (Å²) >= 11 is 0. The van der Waals surface area contributed by atoms with E-state index in [4.69, 9.17) is 10.3 Å². The Hall–Kier alpha value is -1.68. The van der Waals surface area contributed by atoms with Crippen LogP contribution in [0.4, 0.5) is 0 Å². The van der Waals surface area contributed by atoms with Crippen molar-refractivity contribution in [2.24, 2.45) is 5.16 Å². The van der Waals surface area contributed by atoms with Crippen LogP contribution in [-0.4, -0.2) is 28.4 Å². The summed E-state index contributed by atoms with van der Waals surface area (Å²) in [6.45, 7) is -0.565. The quantitative estimate of drug-likeness (QED) is 0.310. The van der Waals surface area contributed by atoms with Gasteiger partial charge in [0.25, 0.3) is 0 Å². The summed E-state index contributed by atoms with van der Waals surface area (Å²) in [7, 11) is 0. The minimum Gasteiger partial charge on any atom is -0.410 e. The molecule has 4 nitrogen and oxygen atoms in total. The standard InChI is InChI=1S/C9H9NO3/c11-6-8(10-13)9(12)7-4-2-1-3-5-7/h1-5,11,13H,6H2/b10-8-. The van der Waals surface area contributed by atoms with Crippen molar-refractivity contribution in [1.29, 1.82) is 0 Å². The molecule has 0 atom stereocenters. The average Bonchev–Trinajstić information content (AvgIpc) is 2.21. The predicted octanol–water partition coefficient (Wildman–Crippen LogP) is 0.692. The summed E-state index contributed by atoms with van der Waals surface area (Å²) in [6.07, 6.45) is 0. The van der Waals surface area contributed by atoms with Crippen LogP contribution >= 0.6 is 0 Å². The van der Waals surface area contributed by atoms with E-state index < -0.39 is 12.4 Å². The first kappa shape index (κ1) is 9.41. The molecule has 0 saturated heterocycles. The maximum atomic E-state index is 11.4. The Bertz CT molecular complexity index is 319. The summed E-state index contributed by atoms with van der Waals surface area (Å²) < 4.78 is 0. The molecule has 0 amide bonds. The minimum atomic E-state index is -0.565. The molecule has 68 valence electrons. The van der Waals surface area contributed by atoms with Gasteiger partial charge in [-0.3, -0.25) is 4.79 Å². The van der Waals surface area contributed by atoms with Crippen molar-refractivity contribution in [3.05, 3.63) is 35.9 Å². The highest BCUT2D eigenvalue weighted by Crippen LogP contribution is 2.01. The normalized spacial score (nSPS) is 11.3. The molecule has 0 heterocycles. The lowest BCUT2D eigenvalue weighted by atomic mass is 10.1. The van der Waals surface area contributed by atoms with Gasteiger partial charge in [0.2, 0.25) is 5.78 Å². The molecule has 0 aliphatic carbocycles. The molecule has 0 aliphatic rings. The maximum absolute atomic E-state index is 11.4. The van der Waals surface area contributed by atoms with E-state index in [9.17, 15) is 4.79 Å². The second kappa shape index (κ2) is 4.37. The summed E-state index contributed by atoms with van der Waals surface area (Å²) in [6, 6.07) is 8.33. The van der Waals surface area contributed by atoms with Crippen molar-refractivity contribution in [3.8, 4) is 0 Å². The van der Waals surface area contributed by atoms with Crippen LogP contribution in [0.5, 0.6) is 0 Å². The Kier molecular flexibility index (Phi) is 3.16. The number of aliphatic hydroxyl groups is 1. The smallest absolute Gasteiger partial charge is 0.212 e. The molecular weight excluding hydrogens is 170 g/mol. The lowest BCUT2D eigenvalue weighted by Gasteiger charge is -1.98. The van der Waals surface area contributed by atoms with Gasteiger partial charge in [-0.15, -0.1) is 0 Å². The third-order valence-corrected chi connectivity index (χ3v) is 1.57. The Morgan fingerprint density at radius 1 is 1.31 bits per heavy atom. The number of Topliss-reactive ketones (excluding diaryl/α,β-unsaturated/α-hetero) is 1. The molecule has 0 bridgehead atoms. The van der Waals surface area contributed by atoms with Crippen molar-refractivity contribution in [3.63, 3.8) is 0 Å². The van der Waals surface area contributed by atoms with Gasteiger partial charge in [-0.1, -0.05) is 35.5 Å². The third kappa shape index (κ3) is 2.13. The molecule has 0 aliphatic heterocycles. The third-order valence-electron chi connectivity index (χ3n) is 1.57. The van der Waals surface area contributed by atoms with Gasteiger partial charge in [0.15, 0.2) is 5.71 Å². The van der Waals surface area contributed by atoms with E-state index in [1.165, 1.54) is 0 Å². The van der Waals surface area contributed by atoms with E-state index in [1.807, 2.05) is 0 Å². The number of ketones is 1. The van der Waals surface area contributed by atoms with Crippen LogP contribution in [0.1, 0.15) is 10.4 Å². The van der Waals surface area contributed by atoms with E-state index in [1.54, 1.807) is 30.3 Å². The van der Waals surface area contributed by atoms with Crippen molar-refractivity contribution in [2.75, 3.05) is 6.61 Å². The molecule has 1 rings (SSSR count). The van der Waals surface area contributed by atoms with Gasteiger partial charge in [0, 0.05) is 5.56 Å². The summed E-state index contributed by atoms with van der Waals surface area (Å²) in [5.41, 5.74) is 0.135. The topological polar surface area (TPSA) is 69.9 Å². The number of carbonyl (C=O) groups is 1. The lowest BCUT2D eigenvalue weighted by molar-refractivity contribution is 0.105. The molecule has 13 heavy (non-hydrogen) atoms. The summed E-state index contributed by atoms with van der Waals surface area (Å²) in [5, 5.41) is 19.7. The molecular formula is C9H9NO3. The highest BCUT2D eigenvalue weighted by atomic mass is 16.4. The predicted molar refractivity (Wildman–Crippen MR) is 47.1 cm³/mol. The van der Waals surface area contributed by atoms with Crippen molar-refractivity contribution in [1.82, 2.24) is 0 Å². The largest absolute Gasteiger partial charge is 0.410 e. The van der Waals surface area contributed by atoms with Gasteiger partial charge in [-0.05, 0) is 0 Å². The number of hydrogen-bond donors (Lipinski definition) is 2. The van der Waals surface area contributed by atoms with Gasteiger partial charge in [-0.2, -0.15) is 0 Å². The number of benzene rings is 1. The highest BCUT2D eigenvalue weighted by molar-refractivity contribution is 6.46. The van der Waals surface area contributed by atoms with E-state index in [2.05, 4.69) is 5.16 Å². The fourth-order valence-electron chi connectivity index (χ4n) is 0.905. The molecule has 1 aromatic rings. The van der Waals surface area contributed by atoms with Gasteiger partial charge in [0.1, 0.15) is 0 Å². The SMILES string of the molecule is O=C(/C(CO)=N\O)c1ccccc1. The van der Waals surface area contributed by atoms with E-state index in [-0.39, 0.29) is 5.71 Å². The first-order valence-electron chi connectivity index (χ1n) is 3.71. The highest BCUT2D eigenvalue weighted by Gasteiger charge is 2.12. The molecule has 0 fully saturated rings. The number of carbonyl (C=O) groups excluding carboxylic acids is 1. The molecule has 0 unspecified atom stereocenters. The Balaban J connectivity index is 2.92. The number of nitrogens with zero attached hydrogens (tertiary/aromatic N) is 1. The van der Waals surface area contributed by atoms with Crippen molar-refractivity contribution >= 4 is 11.5 Å². The number of aliphatic hydroxyl groups excluding tert-OH is 1. The van der Waals surface area contributed by atoms with E-state index in [0.29, 0.717) is 5.56 Å². The Morgan fingerprint density at radius 3 is 2.38 bits per heavy atom. The van der Waals surface area contributed by atoms with Crippen LogP contribution in [0.3, 0.4) is 0 Å². The average molecular weight is 179 g/mol. The van der Waals surface area contributed by atoms with Crippen molar-refractivity contribution in [2.45, 2.75) is 0 Å². The van der Waals surface area contributed by atoms with Crippen LogP contribution in [0.25, 0.3) is 0 Å². The Morgan fingerprint density at radius 2 is 1.92 bits per heavy atom. The van der Waals surface area contributed by atoms with Crippen LogP contribution < -0.4 is 0 Å². The van der Waals surface area contributed by atoms with Gasteiger partial charge >= 0.3 is 0 Å². The van der Waals surface area contributed by atoms with Crippen molar-refractivity contribution < 1.29 is 15.1 Å². The zero-order valence-electron chi connectivity index (χ0n) is 6.84. The van der Waals surface area contributed by atoms with Gasteiger partial charge in [0.05, 0.1) is 6.61 Å². The summed E-state index contributed by atoms with van der Waals surface area (Å²) in [4.78, 5) is 11.4. The lowest BCUT2D eigenvalue weighted by Crippen LogP contribution is -2.18. The Labute approximate surface area is 75.1 Å². The van der Waals surface area contributed by atoms with E-state index >= 15 is 0 Å². The molecule has 2 N–H and O–H groups in total. The second-order valence-electron chi connectivity index (χ2n) is 2.40. The van der Waals surface area contributed by atoms with E-state index in [0.717, 1.165) is 0 Å². The first-order chi connectivity index (χ1) is 6.29. The second-order valence-corrected chi connectivity index (χ2v) is 2.40. The number of rotatable bonds is 3. The maximum Gasteiger partial charge on any atom is 0.212 e. The number of hydrogen-bond acceptors (Lipinski definition) is 4. The minimum absolute atomic E-state index is 0.258. The fraction of sp³-hybridized carbons (Fsp3) is 0.111. The fourth-order valence-corrected chi connectivity index (χ4v) is 0.905. The van der Waals surface area contributed by atoms with Crippen LogP contribution in [-0.2, 0) is 0 Å². The molecule has 0 spiro atoms. The molecule has 0 radical (unpaired) electrons. The first-order valence-corrected chi connectivity index (χ1v) is 3.71. The molecule has 0 saturated carbocycles. The monoisotopic (exact) mass is 179 g/mol.